The summed E-state index contributed by atoms with van der Waals surface area (Å²) in [6.07, 6.45) is 1.83. The first kappa shape index (κ1) is 26.2. The number of ether oxygens (including phenoxy) is 2. The van der Waals surface area contributed by atoms with Gasteiger partial charge in [-0.05, 0) is 49.4 Å². The molecule has 0 N–H and O–H groups in total. The average Bonchev–Trinajstić information content (AvgIpc) is 3.00. The number of aromatic nitrogens is 2. The lowest BCUT2D eigenvalue weighted by Gasteiger charge is -2.34. The van der Waals surface area contributed by atoms with Crippen molar-refractivity contribution in [3.63, 3.8) is 0 Å². The summed E-state index contributed by atoms with van der Waals surface area (Å²) in [5.41, 5.74) is 8.18. The normalized spacial score (nSPS) is 16.4. The van der Waals surface area contributed by atoms with Crippen LogP contribution < -0.4 is 9.64 Å². The summed E-state index contributed by atoms with van der Waals surface area (Å²) in [6, 6.07) is 18.4. The largest absolute Gasteiger partial charge is 0.495 e. The Morgan fingerprint density at radius 3 is 2.45 bits per heavy atom. The molecule has 206 valence electrons. The highest BCUT2D eigenvalue weighted by molar-refractivity contribution is 5.98. The van der Waals surface area contributed by atoms with Gasteiger partial charge >= 0.3 is 0 Å². The molecule has 0 atom stereocenters. The lowest BCUT2D eigenvalue weighted by molar-refractivity contribution is 0.0302. The number of methoxy groups -OCH3 is 1. The van der Waals surface area contributed by atoms with Crippen LogP contribution in [0.25, 0.3) is 33.4 Å². The Morgan fingerprint density at radius 2 is 1.70 bits per heavy atom. The summed E-state index contributed by atoms with van der Waals surface area (Å²) in [7, 11) is 3.88. The fourth-order valence-corrected chi connectivity index (χ4v) is 5.56. The number of aryl methyl sites for hydroxylation is 1. The smallest absolute Gasteiger partial charge is 0.254 e. The fourth-order valence-electron chi connectivity index (χ4n) is 5.56. The van der Waals surface area contributed by atoms with E-state index in [2.05, 4.69) is 47.2 Å². The van der Waals surface area contributed by atoms with E-state index in [4.69, 9.17) is 19.4 Å². The van der Waals surface area contributed by atoms with E-state index in [1.54, 1.807) is 7.11 Å². The number of hydrogen-bond donors (Lipinski definition) is 0. The molecular formula is C32H35N5O3. The number of para-hydroxylation sites is 1. The number of piperazine rings is 1. The molecule has 0 bridgehead atoms. The van der Waals surface area contributed by atoms with Gasteiger partial charge < -0.3 is 24.2 Å². The number of anilines is 1. The molecule has 1 amide bonds. The first-order valence-electron chi connectivity index (χ1n) is 13.9. The molecule has 40 heavy (non-hydrogen) atoms. The van der Waals surface area contributed by atoms with Crippen LogP contribution in [-0.2, 0) is 4.74 Å². The zero-order chi connectivity index (χ0) is 27.6. The standard InChI is InChI=1S/C32H35N5O3/c1-22-19-23(7-9-25(22)32(38)37-15-17-40-18-16-37)26-5-4-6-27-31(26)34-28(21-33-27)24-8-10-29(30(20-24)39-3)36-13-11-35(2)12-14-36/h4-10,19-21H,11-18H2,1-3H3. The second-order valence-corrected chi connectivity index (χ2v) is 10.5. The second-order valence-electron chi connectivity index (χ2n) is 10.5. The summed E-state index contributed by atoms with van der Waals surface area (Å²) in [5, 5.41) is 0. The fraction of sp³-hybridized carbons (Fsp3) is 0.344. The molecule has 4 aromatic rings. The van der Waals surface area contributed by atoms with Crippen molar-refractivity contribution in [2.45, 2.75) is 6.92 Å². The van der Waals surface area contributed by atoms with Crippen LogP contribution in [0, 0.1) is 6.92 Å². The highest BCUT2D eigenvalue weighted by Crippen LogP contribution is 2.35. The van der Waals surface area contributed by atoms with Crippen molar-refractivity contribution >= 4 is 22.6 Å². The molecule has 3 aromatic carbocycles. The second kappa shape index (κ2) is 11.2. The number of carbonyl (C=O) groups is 1. The summed E-state index contributed by atoms with van der Waals surface area (Å²) >= 11 is 0. The Bertz CT molecular complexity index is 1540. The van der Waals surface area contributed by atoms with Gasteiger partial charge in [-0.2, -0.15) is 0 Å². The molecule has 0 unspecified atom stereocenters. The van der Waals surface area contributed by atoms with Crippen molar-refractivity contribution in [2.75, 3.05) is 71.5 Å². The van der Waals surface area contributed by atoms with E-state index in [0.717, 1.165) is 82.2 Å². The van der Waals surface area contributed by atoms with Gasteiger partial charge in [0.2, 0.25) is 0 Å². The van der Waals surface area contributed by atoms with Crippen LogP contribution in [0.5, 0.6) is 5.75 Å². The Kier molecular flexibility index (Phi) is 7.36. The number of hydrogen-bond acceptors (Lipinski definition) is 7. The maximum Gasteiger partial charge on any atom is 0.254 e. The number of carbonyl (C=O) groups excluding carboxylic acids is 1. The maximum absolute atomic E-state index is 13.1. The highest BCUT2D eigenvalue weighted by atomic mass is 16.5. The first-order chi connectivity index (χ1) is 19.5. The molecule has 0 radical (unpaired) electrons. The van der Waals surface area contributed by atoms with Crippen LogP contribution in [-0.4, -0.2) is 92.3 Å². The topological polar surface area (TPSA) is 71.0 Å². The lowest BCUT2D eigenvalue weighted by Crippen LogP contribution is -2.44. The minimum atomic E-state index is 0.0568. The molecule has 1 aromatic heterocycles. The summed E-state index contributed by atoms with van der Waals surface area (Å²) in [4.78, 5) is 29.5. The quantitative estimate of drug-likeness (QED) is 0.371. The number of amides is 1. The van der Waals surface area contributed by atoms with E-state index in [9.17, 15) is 4.79 Å². The molecular weight excluding hydrogens is 502 g/mol. The molecule has 8 nitrogen and oxygen atoms in total. The molecule has 2 aliphatic rings. The number of morpholine rings is 1. The predicted octanol–water partition coefficient (Wildman–Crippen LogP) is 4.51. The third-order valence-corrected chi connectivity index (χ3v) is 7.96. The van der Waals surface area contributed by atoms with Crippen molar-refractivity contribution in [2.24, 2.45) is 0 Å². The SMILES string of the molecule is COc1cc(-c2cnc3cccc(-c4ccc(C(=O)N5CCOCC5)c(C)c4)c3n2)ccc1N1CCN(C)CC1. The zero-order valence-corrected chi connectivity index (χ0v) is 23.4. The van der Waals surface area contributed by atoms with Gasteiger partial charge in [-0.3, -0.25) is 9.78 Å². The van der Waals surface area contributed by atoms with Crippen molar-refractivity contribution in [3.05, 3.63) is 71.9 Å². The van der Waals surface area contributed by atoms with Gasteiger partial charge in [0, 0.05) is 56.0 Å². The Morgan fingerprint density at radius 1 is 0.925 bits per heavy atom. The van der Waals surface area contributed by atoms with Crippen LogP contribution in [0.3, 0.4) is 0 Å². The molecule has 0 spiro atoms. The average molecular weight is 538 g/mol. The summed E-state index contributed by atoms with van der Waals surface area (Å²) < 4.78 is 11.2. The molecule has 3 heterocycles. The van der Waals surface area contributed by atoms with Crippen molar-refractivity contribution < 1.29 is 14.3 Å². The van der Waals surface area contributed by atoms with Gasteiger partial charge in [0.05, 0.1) is 48.9 Å². The van der Waals surface area contributed by atoms with Gasteiger partial charge in [-0.25, -0.2) is 4.98 Å². The molecule has 0 saturated carbocycles. The maximum atomic E-state index is 13.1. The monoisotopic (exact) mass is 537 g/mol. The van der Waals surface area contributed by atoms with Crippen LogP contribution in [0.2, 0.25) is 0 Å². The van der Waals surface area contributed by atoms with Crippen LogP contribution >= 0.6 is 0 Å². The number of nitrogens with zero attached hydrogens (tertiary/aromatic N) is 5. The van der Waals surface area contributed by atoms with E-state index >= 15 is 0 Å². The number of fused-ring (bicyclic) bond motifs is 1. The van der Waals surface area contributed by atoms with E-state index in [0.29, 0.717) is 26.3 Å². The predicted molar refractivity (Wildman–Crippen MR) is 158 cm³/mol. The summed E-state index contributed by atoms with van der Waals surface area (Å²) in [6.45, 7) is 8.44. The molecule has 2 aliphatic heterocycles. The van der Waals surface area contributed by atoms with Gasteiger partial charge in [-0.1, -0.05) is 30.3 Å². The van der Waals surface area contributed by atoms with E-state index in [-0.39, 0.29) is 5.91 Å². The minimum absolute atomic E-state index is 0.0568. The lowest BCUT2D eigenvalue weighted by atomic mass is 9.98. The molecule has 2 saturated heterocycles. The molecule has 8 heteroatoms. The van der Waals surface area contributed by atoms with Crippen LogP contribution in [0.15, 0.2) is 60.8 Å². The van der Waals surface area contributed by atoms with E-state index < -0.39 is 0 Å². The van der Waals surface area contributed by atoms with E-state index in [1.807, 2.05) is 42.3 Å². The van der Waals surface area contributed by atoms with Gasteiger partial charge in [-0.15, -0.1) is 0 Å². The number of rotatable bonds is 5. The molecule has 0 aliphatic carbocycles. The minimum Gasteiger partial charge on any atom is -0.495 e. The molecule has 2 fully saturated rings. The molecule has 6 rings (SSSR count). The van der Waals surface area contributed by atoms with Crippen molar-refractivity contribution in [1.29, 1.82) is 0 Å². The van der Waals surface area contributed by atoms with Crippen molar-refractivity contribution in [3.8, 4) is 28.1 Å². The van der Waals surface area contributed by atoms with Gasteiger partial charge in [0.15, 0.2) is 0 Å². The van der Waals surface area contributed by atoms with Crippen molar-refractivity contribution in [1.82, 2.24) is 19.8 Å². The zero-order valence-electron chi connectivity index (χ0n) is 23.4. The Hall–Kier alpha value is -4.01. The first-order valence-corrected chi connectivity index (χ1v) is 13.9. The van der Waals surface area contributed by atoms with E-state index in [1.165, 1.54) is 0 Å². The van der Waals surface area contributed by atoms with Crippen LogP contribution in [0.4, 0.5) is 5.69 Å². The number of benzene rings is 3. The van der Waals surface area contributed by atoms with Gasteiger partial charge in [0.1, 0.15) is 5.75 Å². The Balaban J connectivity index is 1.33. The summed E-state index contributed by atoms with van der Waals surface area (Å²) in [5.74, 6) is 0.898. The third-order valence-electron chi connectivity index (χ3n) is 7.96. The van der Waals surface area contributed by atoms with Crippen LogP contribution in [0.1, 0.15) is 15.9 Å². The third kappa shape index (κ3) is 5.12. The Labute approximate surface area is 235 Å². The highest BCUT2D eigenvalue weighted by Gasteiger charge is 2.21. The van der Waals surface area contributed by atoms with Gasteiger partial charge in [0.25, 0.3) is 5.91 Å². The number of likely N-dealkylation sites (N-methyl/N-ethyl adjacent to an activating group) is 1.